The molecule has 15 heavy (non-hydrogen) atoms. The number of nitrogens with one attached hydrogen (secondary N) is 1. The van der Waals surface area contributed by atoms with Crippen molar-refractivity contribution in [3.63, 3.8) is 0 Å². The molecule has 0 amide bonds. The van der Waals surface area contributed by atoms with E-state index < -0.39 is 0 Å². The van der Waals surface area contributed by atoms with Crippen LogP contribution in [0, 0.1) is 0 Å². The molecular formula is C11H18N2O2. The molecule has 2 atom stereocenters. The zero-order valence-corrected chi connectivity index (χ0v) is 9.07. The largest absolute Gasteiger partial charge is 0.444 e. The number of hydrogen-bond donors (Lipinski definition) is 2. The van der Waals surface area contributed by atoms with Crippen molar-refractivity contribution in [1.29, 1.82) is 0 Å². The number of nitrogens with zero attached hydrogens (tertiary/aromatic N) is 1. The molecule has 1 aliphatic carbocycles. The normalized spacial score (nSPS) is 26.0. The molecule has 4 heteroatoms. The van der Waals surface area contributed by atoms with Crippen molar-refractivity contribution in [2.45, 2.75) is 51.3 Å². The Balaban J connectivity index is 1.82. The highest BCUT2D eigenvalue weighted by molar-refractivity contribution is 4.94. The van der Waals surface area contributed by atoms with Gasteiger partial charge in [0.15, 0.2) is 0 Å². The summed E-state index contributed by atoms with van der Waals surface area (Å²) in [4.78, 5) is 4.16. The lowest BCUT2D eigenvalue weighted by Crippen LogP contribution is -2.35. The first-order valence-corrected chi connectivity index (χ1v) is 5.64. The highest BCUT2D eigenvalue weighted by Gasteiger charge is 2.24. The first-order chi connectivity index (χ1) is 7.29. The van der Waals surface area contributed by atoms with E-state index in [0.29, 0.717) is 12.4 Å². The molecule has 2 rings (SSSR count). The maximum absolute atomic E-state index is 9.60. The van der Waals surface area contributed by atoms with Gasteiger partial charge < -0.3 is 14.8 Å². The van der Waals surface area contributed by atoms with Gasteiger partial charge in [-0.2, -0.15) is 0 Å². The monoisotopic (exact) mass is 210 g/mol. The van der Waals surface area contributed by atoms with Crippen molar-refractivity contribution in [3.8, 4) is 0 Å². The average Bonchev–Trinajstić information content (AvgIpc) is 2.84. The first kappa shape index (κ1) is 10.6. The Morgan fingerprint density at radius 3 is 3.07 bits per heavy atom. The summed E-state index contributed by atoms with van der Waals surface area (Å²) in [6.07, 6.45) is 5.49. The number of aryl methyl sites for hydroxylation is 1. The fourth-order valence-corrected chi connectivity index (χ4v) is 1.99. The highest BCUT2D eigenvalue weighted by atomic mass is 16.4. The van der Waals surface area contributed by atoms with E-state index in [2.05, 4.69) is 10.3 Å². The fraction of sp³-hybridized carbons (Fsp3) is 0.727. The van der Waals surface area contributed by atoms with E-state index in [1.807, 2.05) is 6.92 Å². The molecular weight excluding hydrogens is 192 g/mol. The Morgan fingerprint density at radius 2 is 2.47 bits per heavy atom. The summed E-state index contributed by atoms with van der Waals surface area (Å²) < 4.78 is 5.47. The third-order valence-corrected chi connectivity index (χ3v) is 2.94. The fourth-order valence-electron chi connectivity index (χ4n) is 1.99. The van der Waals surface area contributed by atoms with Gasteiger partial charge in [0.05, 0.1) is 18.8 Å². The van der Waals surface area contributed by atoms with Gasteiger partial charge in [0.2, 0.25) is 5.89 Å². The summed E-state index contributed by atoms with van der Waals surface area (Å²) in [5, 5.41) is 12.9. The summed E-state index contributed by atoms with van der Waals surface area (Å²) in [5.74, 6) is 1.63. The lowest BCUT2D eigenvalue weighted by molar-refractivity contribution is 0.147. The second kappa shape index (κ2) is 4.77. The van der Waals surface area contributed by atoms with Gasteiger partial charge in [-0.3, -0.25) is 0 Å². The molecule has 1 heterocycles. The van der Waals surface area contributed by atoms with E-state index in [1.165, 1.54) is 0 Å². The van der Waals surface area contributed by atoms with Gasteiger partial charge in [-0.1, -0.05) is 6.92 Å². The van der Waals surface area contributed by atoms with E-state index in [9.17, 15) is 5.11 Å². The van der Waals surface area contributed by atoms with Crippen LogP contribution < -0.4 is 5.32 Å². The SMILES string of the molecule is CCc1cnc(CN[C@@H]2CCC[C@H]2O)o1. The summed E-state index contributed by atoms with van der Waals surface area (Å²) in [6.45, 7) is 2.65. The minimum absolute atomic E-state index is 0.203. The van der Waals surface area contributed by atoms with Crippen LogP contribution in [0.25, 0.3) is 0 Å². The zero-order valence-electron chi connectivity index (χ0n) is 9.07. The van der Waals surface area contributed by atoms with Gasteiger partial charge in [0.25, 0.3) is 0 Å². The summed E-state index contributed by atoms with van der Waals surface area (Å²) >= 11 is 0. The van der Waals surface area contributed by atoms with Crippen LogP contribution in [0.1, 0.15) is 37.8 Å². The van der Waals surface area contributed by atoms with Gasteiger partial charge in [-0.15, -0.1) is 0 Å². The van der Waals surface area contributed by atoms with E-state index in [-0.39, 0.29) is 12.1 Å². The average molecular weight is 210 g/mol. The van der Waals surface area contributed by atoms with Crippen LogP contribution in [0.15, 0.2) is 10.6 Å². The maximum Gasteiger partial charge on any atom is 0.208 e. The molecule has 1 fully saturated rings. The number of oxazole rings is 1. The molecule has 0 saturated heterocycles. The molecule has 1 aromatic heterocycles. The molecule has 1 aliphatic rings. The molecule has 4 nitrogen and oxygen atoms in total. The Morgan fingerprint density at radius 1 is 1.60 bits per heavy atom. The third kappa shape index (κ3) is 2.58. The van der Waals surface area contributed by atoms with Crippen molar-refractivity contribution < 1.29 is 9.52 Å². The second-order valence-corrected chi connectivity index (χ2v) is 4.06. The minimum atomic E-state index is -0.203. The van der Waals surface area contributed by atoms with Crippen LogP contribution in [0.3, 0.4) is 0 Å². The topological polar surface area (TPSA) is 58.3 Å². The second-order valence-electron chi connectivity index (χ2n) is 4.06. The highest BCUT2D eigenvalue weighted by Crippen LogP contribution is 2.19. The molecule has 0 aliphatic heterocycles. The lowest BCUT2D eigenvalue weighted by atomic mass is 10.2. The van der Waals surface area contributed by atoms with Gasteiger partial charge >= 0.3 is 0 Å². The molecule has 0 spiro atoms. The molecule has 84 valence electrons. The number of rotatable bonds is 4. The zero-order chi connectivity index (χ0) is 10.7. The number of hydrogen-bond acceptors (Lipinski definition) is 4. The van der Waals surface area contributed by atoms with E-state index in [1.54, 1.807) is 6.20 Å². The van der Waals surface area contributed by atoms with Crippen molar-refractivity contribution in [1.82, 2.24) is 10.3 Å². The van der Waals surface area contributed by atoms with Crippen LogP contribution in [0.5, 0.6) is 0 Å². The summed E-state index contributed by atoms with van der Waals surface area (Å²) in [6, 6.07) is 0.210. The van der Waals surface area contributed by atoms with E-state index >= 15 is 0 Å². The van der Waals surface area contributed by atoms with Crippen molar-refractivity contribution in [2.75, 3.05) is 0 Å². The molecule has 2 N–H and O–H groups in total. The van der Waals surface area contributed by atoms with Crippen molar-refractivity contribution in [2.24, 2.45) is 0 Å². The Bertz CT molecular complexity index is 311. The minimum Gasteiger partial charge on any atom is -0.444 e. The van der Waals surface area contributed by atoms with E-state index in [4.69, 9.17) is 4.42 Å². The van der Waals surface area contributed by atoms with E-state index in [0.717, 1.165) is 31.4 Å². The predicted molar refractivity (Wildman–Crippen MR) is 56.4 cm³/mol. The molecule has 0 bridgehead atoms. The smallest absolute Gasteiger partial charge is 0.208 e. The Hall–Kier alpha value is -0.870. The van der Waals surface area contributed by atoms with Crippen LogP contribution in [0.4, 0.5) is 0 Å². The van der Waals surface area contributed by atoms with Gasteiger partial charge in [-0.25, -0.2) is 4.98 Å². The lowest BCUT2D eigenvalue weighted by Gasteiger charge is -2.14. The summed E-state index contributed by atoms with van der Waals surface area (Å²) in [7, 11) is 0. The maximum atomic E-state index is 9.60. The molecule has 1 saturated carbocycles. The molecule has 0 radical (unpaired) electrons. The number of aliphatic hydroxyl groups excluding tert-OH is 1. The summed E-state index contributed by atoms with van der Waals surface area (Å²) in [5.41, 5.74) is 0. The predicted octanol–water partition coefficient (Wildman–Crippen LogP) is 1.24. The van der Waals surface area contributed by atoms with Crippen molar-refractivity contribution >= 4 is 0 Å². The van der Waals surface area contributed by atoms with Crippen molar-refractivity contribution in [3.05, 3.63) is 17.8 Å². The molecule has 0 unspecified atom stereocenters. The quantitative estimate of drug-likeness (QED) is 0.785. The van der Waals surface area contributed by atoms with Crippen LogP contribution in [0.2, 0.25) is 0 Å². The van der Waals surface area contributed by atoms with Crippen LogP contribution >= 0.6 is 0 Å². The van der Waals surface area contributed by atoms with Crippen LogP contribution in [-0.4, -0.2) is 22.2 Å². The van der Waals surface area contributed by atoms with Crippen LogP contribution in [-0.2, 0) is 13.0 Å². The van der Waals surface area contributed by atoms with Gasteiger partial charge in [0.1, 0.15) is 5.76 Å². The Labute approximate surface area is 89.7 Å². The molecule has 0 aromatic carbocycles. The molecule has 1 aromatic rings. The van der Waals surface area contributed by atoms with Gasteiger partial charge in [0, 0.05) is 12.5 Å². The number of aliphatic hydroxyl groups is 1. The standard InChI is InChI=1S/C11H18N2O2/c1-2-8-6-13-11(15-8)7-12-9-4-3-5-10(9)14/h6,9-10,12,14H,2-5,7H2,1H3/t9-,10-/m1/s1. The van der Waals surface area contributed by atoms with Gasteiger partial charge in [-0.05, 0) is 19.3 Å². The third-order valence-electron chi connectivity index (χ3n) is 2.94. The number of aromatic nitrogens is 1. The Kier molecular flexibility index (Phi) is 3.38. The first-order valence-electron chi connectivity index (χ1n) is 5.64.